The van der Waals surface area contributed by atoms with Crippen LogP contribution in [0.2, 0.25) is 0 Å². The summed E-state index contributed by atoms with van der Waals surface area (Å²) in [4.78, 5) is 0. The number of methoxy groups -OCH3 is 1. The Morgan fingerprint density at radius 2 is 1.03 bits per heavy atom. The highest BCUT2D eigenvalue weighted by Crippen LogP contribution is 2.30. The van der Waals surface area contributed by atoms with Crippen LogP contribution < -0.4 is 0 Å². The second kappa shape index (κ2) is 12.3. The van der Waals surface area contributed by atoms with Gasteiger partial charge >= 0.3 is 0 Å². The molecule has 0 spiro atoms. The smallest absolute Gasteiger partial charge is 0.187 e. The van der Waals surface area contributed by atoms with Gasteiger partial charge in [0, 0.05) is 7.11 Å². The van der Waals surface area contributed by atoms with Crippen LogP contribution in [0, 0.1) is 0 Å². The van der Waals surface area contributed by atoms with Gasteiger partial charge in [-0.2, -0.15) is 0 Å². The molecule has 3 aliphatic rings. The van der Waals surface area contributed by atoms with Crippen LogP contribution in [0.15, 0.2) is 0 Å². The molecule has 0 unspecified atom stereocenters. The SMILES string of the molecule is CO[C@H]1O[C@H](CO[C@H]2O[C@H](CO)[C@@H](O)[C@H](O)[C@H]2O)[C@@H](O)[C@H](O[C@H]2O[C@H](CO)[C@@H](O)[C@H](O)[C@@H]2O)[C@@H]1O. The fourth-order valence-corrected chi connectivity index (χ4v) is 4.13. The largest absolute Gasteiger partial charge is 0.394 e. The van der Waals surface area contributed by atoms with Crippen molar-refractivity contribution in [3.8, 4) is 0 Å². The number of aliphatic hydroxyl groups is 10. The third kappa shape index (κ3) is 5.93. The van der Waals surface area contributed by atoms with E-state index in [-0.39, 0.29) is 0 Å². The molecule has 0 aromatic heterocycles. The van der Waals surface area contributed by atoms with Crippen molar-refractivity contribution >= 4 is 0 Å². The molecule has 0 bridgehead atoms. The van der Waals surface area contributed by atoms with Gasteiger partial charge < -0.3 is 79.5 Å². The molecule has 0 saturated carbocycles. The van der Waals surface area contributed by atoms with Gasteiger partial charge in [0.2, 0.25) is 0 Å². The zero-order valence-electron chi connectivity index (χ0n) is 18.7. The summed E-state index contributed by atoms with van der Waals surface area (Å²) >= 11 is 0. The van der Waals surface area contributed by atoms with Gasteiger partial charge in [-0.1, -0.05) is 0 Å². The molecule has 15 atom stereocenters. The maximum Gasteiger partial charge on any atom is 0.187 e. The van der Waals surface area contributed by atoms with E-state index in [1.807, 2.05) is 0 Å². The Labute approximate surface area is 199 Å². The highest BCUT2D eigenvalue weighted by molar-refractivity contribution is 4.95. The number of aliphatic hydroxyl groups excluding tert-OH is 10. The molecule has 3 rings (SSSR count). The van der Waals surface area contributed by atoms with E-state index in [1.165, 1.54) is 7.11 Å². The molecule has 3 heterocycles. The molecule has 0 amide bonds. The van der Waals surface area contributed by atoms with Crippen LogP contribution in [0.5, 0.6) is 0 Å². The van der Waals surface area contributed by atoms with E-state index >= 15 is 0 Å². The minimum absolute atomic E-state index is 0.523. The van der Waals surface area contributed by atoms with Gasteiger partial charge in [-0.25, -0.2) is 0 Å². The molecule has 0 aliphatic carbocycles. The van der Waals surface area contributed by atoms with Crippen molar-refractivity contribution in [1.82, 2.24) is 0 Å². The average Bonchev–Trinajstić information content (AvgIpc) is 2.85. The Morgan fingerprint density at radius 3 is 1.54 bits per heavy atom. The molecule has 206 valence electrons. The summed E-state index contributed by atoms with van der Waals surface area (Å²) in [5.74, 6) is 0. The van der Waals surface area contributed by atoms with Crippen LogP contribution in [-0.2, 0) is 28.4 Å². The topological polar surface area (TPSA) is 258 Å². The first-order chi connectivity index (χ1) is 16.5. The van der Waals surface area contributed by atoms with E-state index in [0.717, 1.165) is 0 Å². The van der Waals surface area contributed by atoms with Crippen LogP contribution in [0.25, 0.3) is 0 Å². The van der Waals surface area contributed by atoms with Gasteiger partial charge in [-0.3, -0.25) is 0 Å². The summed E-state index contributed by atoms with van der Waals surface area (Å²) in [6, 6.07) is 0. The monoisotopic (exact) mass is 518 g/mol. The molecule has 3 saturated heterocycles. The van der Waals surface area contributed by atoms with Crippen molar-refractivity contribution in [3.05, 3.63) is 0 Å². The van der Waals surface area contributed by atoms with E-state index in [2.05, 4.69) is 0 Å². The van der Waals surface area contributed by atoms with E-state index in [1.54, 1.807) is 0 Å². The maximum absolute atomic E-state index is 10.8. The summed E-state index contributed by atoms with van der Waals surface area (Å²) < 4.78 is 31.9. The van der Waals surface area contributed by atoms with Gasteiger partial charge in [0.1, 0.15) is 73.2 Å². The lowest BCUT2D eigenvalue weighted by Gasteiger charge is -2.46. The van der Waals surface area contributed by atoms with E-state index in [0.29, 0.717) is 0 Å². The summed E-state index contributed by atoms with van der Waals surface area (Å²) in [7, 11) is 1.19. The fourth-order valence-electron chi connectivity index (χ4n) is 4.13. The molecule has 35 heavy (non-hydrogen) atoms. The second-order valence-electron chi connectivity index (χ2n) is 8.59. The van der Waals surface area contributed by atoms with E-state index < -0.39 is 112 Å². The van der Waals surface area contributed by atoms with Crippen LogP contribution >= 0.6 is 0 Å². The first-order valence-electron chi connectivity index (χ1n) is 11.0. The summed E-state index contributed by atoms with van der Waals surface area (Å²) in [6.07, 6.45) is -23.5. The number of rotatable bonds is 8. The molecule has 16 nitrogen and oxygen atoms in total. The van der Waals surface area contributed by atoms with Crippen LogP contribution in [0.3, 0.4) is 0 Å². The van der Waals surface area contributed by atoms with Crippen LogP contribution in [0.4, 0.5) is 0 Å². The highest BCUT2D eigenvalue weighted by atomic mass is 16.7. The molecule has 3 fully saturated rings. The van der Waals surface area contributed by atoms with Gasteiger partial charge in [0.15, 0.2) is 18.9 Å². The lowest BCUT2D eigenvalue weighted by atomic mass is 9.97. The zero-order valence-corrected chi connectivity index (χ0v) is 18.7. The quantitative estimate of drug-likeness (QED) is 0.143. The summed E-state index contributed by atoms with van der Waals surface area (Å²) in [6.45, 7) is -1.93. The van der Waals surface area contributed by atoms with Crippen molar-refractivity contribution < 1.29 is 79.5 Å². The number of hydrogen-bond acceptors (Lipinski definition) is 16. The molecular formula is C19H34O16. The molecule has 0 aromatic rings. The lowest BCUT2D eigenvalue weighted by molar-refractivity contribution is -0.364. The zero-order chi connectivity index (χ0) is 26.0. The third-order valence-corrected chi connectivity index (χ3v) is 6.29. The van der Waals surface area contributed by atoms with Gasteiger partial charge in [-0.15, -0.1) is 0 Å². The van der Waals surface area contributed by atoms with Crippen molar-refractivity contribution in [2.45, 2.75) is 92.1 Å². The Balaban J connectivity index is 1.69. The standard InChI is InChI=1S/C19H34O16/c1-30-17-15(29)16(35-19-14(28)12(26)9(23)6(3-21)33-19)10(24)7(34-17)4-31-18-13(27)11(25)8(22)5(2-20)32-18/h5-29H,2-4H2,1H3/t5-,6-,7-,8-,9-,10-,11+,12+,13-,14+,15+,16+,17+,18+,19-/m1/s1. The predicted molar refractivity (Wildman–Crippen MR) is 106 cm³/mol. The van der Waals surface area contributed by atoms with E-state index in [9.17, 15) is 51.1 Å². The van der Waals surface area contributed by atoms with Gasteiger partial charge in [0.25, 0.3) is 0 Å². The van der Waals surface area contributed by atoms with Gasteiger partial charge in [0.05, 0.1) is 19.8 Å². The fraction of sp³-hybridized carbons (Fsp3) is 1.00. The normalized spacial score (nSPS) is 51.3. The maximum atomic E-state index is 10.8. The third-order valence-electron chi connectivity index (χ3n) is 6.29. The van der Waals surface area contributed by atoms with Crippen molar-refractivity contribution in [1.29, 1.82) is 0 Å². The average molecular weight is 518 g/mol. The minimum atomic E-state index is -1.81. The first kappa shape index (κ1) is 28.9. The van der Waals surface area contributed by atoms with Crippen LogP contribution in [0.1, 0.15) is 0 Å². The molecule has 0 aromatic carbocycles. The molecule has 0 radical (unpaired) electrons. The molecular weight excluding hydrogens is 484 g/mol. The Hall–Kier alpha value is -0.640. The molecule has 16 heteroatoms. The summed E-state index contributed by atoms with van der Waals surface area (Å²) in [5, 5.41) is 99.9. The lowest BCUT2D eigenvalue weighted by Crippen LogP contribution is -2.65. The van der Waals surface area contributed by atoms with Crippen molar-refractivity contribution in [2.24, 2.45) is 0 Å². The Bertz CT molecular complexity index is 652. The van der Waals surface area contributed by atoms with Crippen molar-refractivity contribution in [3.63, 3.8) is 0 Å². The van der Waals surface area contributed by atoms with E-state index in [4.69, 9.17) is 28.4 Å². The molecule has 3 aliphatic heterocycles. The Kier molecular flexibility index (Phi) is 10.1. The predicted octanol–water partition coefficient (Wildman–Crippen LogP) is -6.92. The minimum Gasteiger partial charge on any atom is -0.394 e. The van der Waals surface area contributed by atoms with Crippen molar-refractivity contribution in [2.75, 3.05) is 26.9 Å². The second-order valence-corrected chi connectivity index (χ2v) is 8.59. The number of hydrogen-bond donors (Lipinski definition) is 10. The van der Waals surface area contributed by atoms with Gasteiger partial charge in [-0.05, 0) is 0 Å². The Morgan fingerprint density at radius 1 is 0.543 bits per heavy atom. The molecule has 10 N–H and O–H groups in total. The number of ether oxygens (including phenoxy) is 6. The van der Waals surface area contributed by atoms with Crippen LogP contribution in [-0.4, -0.2) is 170 Å². The summed E-state index contributed by atoms with van der Waals surface area (Å²) in [5.41, 5.74) is 0. The highest BCUT2D eigenvalue weighted by Gasteiger charge is 2.51. The first-order valence-corrected chi connectivity index (χ1v) is 11.0.